The second-order valence-corrected chi connectivity index (χ2v) is 3.54. The number of ether oxygens (including phenoxy) is 1. The third kappa shape index (κ3) is 2.37. The van der Waals surface area contributed by atoms with Crippen LogP contribution < -0.4 is 0 Å². The molecular formula is C14H15O. The van der Waals surface area contributed by atoms with Crippen LogP contribution >= 0.6 is 0 Å². The van der Waals surface area contributed by atoms with Crippen LogP contribution in [0.2, 0.25) is 0 Å². The first-order valence-corrected chi connectivity index (χ1v) is 5.25. The Labute approximate surface area is 91.0 Å². The zero-order valence-electron chi connectivity index (χ0n) is 8.78. The van der Waals surface area contributed by atoms with Crippen molar-refractivity contribution < 1.29 is 4.74 Å². The van der Waals surface area contributed by atoms with Crippen LogP contribution in [-0.2, 0) is 11.3 Å². The van der Waals surface area contributed by atoms with E-state index in [4.69, 9.17) is 4.74 Å². The highest BCUT2D eigenvalue weighted by Gasteiger charge is 2.06. The summed E-state index contributed by atoms with van der Waals surface area (Å²) in [6.45, 7) is 5.16. The minimum absolute atomic E-state index is 0.684. The maximum absolute atomic E-state index is 5.50. The smallest absolute Gasteiger partial charge is 0.0722 e. The fourth-order valence-corrected chi connectivity index (χ4v) is 1.69. The van der Waals surface area contributed by atoms with Crippen LogP contribution in [-0.4, -0.2) is 6.61 Å². The van der Waals surface area contributed by atoms with E-state index in [0.717, 1.165) is 13.0 Å². The fraction of sp³-hybridized carbons (Fsp3) is 0.214. The quantitative estimate of drug-likeness (QED) is 0.684. The fourth-order valence-electron chi connectivity index (χ4n) is 1.69. The predicted molar refractivity (Wildman–Crippen MR) is 62.7 cm³/mol. The Kier molecular flexibility index (Phi) is 3.36. The van der Waals surface area contributed by atoms with Crippen molar-refractivity contribution in [1.29, 1.82) is 0 Å². The molecule has 0 saturated heterocycles. The number of fused-ring (bicyclic) bond motifs is 1. The second-order valence-electron chi connectivity index (χ2n) is 3.54. The van der Waals surface area contributed by atoms with Gasteiger partial charge in [0, 0.05) is 6.61 Å². The highest BCUT2D eigenvalue weighted by atomic mass is 16.5. The van der Waals surface area contributed by atoms with Gasteiger partial charge in [0.15, 0.2) is 0 Å². The number of hydrogen-bond acceptors (Lipinski definition) is 1. The summed E-state index contributed by atoms with van der Waals surface area (Å²) in [5.74, 6) is 0. The van der Waals surface area contributed by atoms with Crippen LogP contribution in [0.25, 0.3) is 11.1 Å². The lowest BCUT2D eigenvalue weighted by Gasteiger charge is -2.02. The van der Waals surface area contributed by atoms with Gasteiger partial charge in [-0.2, -0.15) is 0 Å². The van der Waals surface area contributed by atoms with E-state index in [1.165, 1.54) is 16.7 Å². The van der Waals surface area contributed by atoms with Gasteiger partial charge in [-0.15, -0.1) is 0 Å². The Morgan fingerprint density at radius 3 is 2.73 bits per heavy atom. The lowest BCUT2D eigenvalue weighted by Crippen LogP contribution is -1.93. The molecule has 1 nitrogen and oxygen atoms in total. The van der Waals surface area contributed by atoms with Gasteiger partial charge in [-0.05, 0) is 23.1 Å². The summed E-state index contributed by atoms with van der Waals surface area (Å²) in [6, 6.07) is 14.7. The minimum Gasteiger partial charge on any atom is -0.377 e. The molecule has 2 aliphatic rings. The lowest BCUT2D eigenvalue weighted by molar-refractivity contribution is 0.125. The molecule has 2 aliphatic carbocycles. The third-order valence-electron chi connectivity index (χ3n) is 2.43. The second kappa shape index (κ2) is 4.94. The Morgan fingerprint density at radius 1 is 1.00 bits per heavy atom. The van der Waals surface area contributed by atoms with Gasteiger partial charge in [0.1, 0.15) is 0 Å². The first-order chi connectivity index (χ1) is 7.42. The predicted octanol–water partition coefficient (Wildman–Crippen LogP) is 3.53. The number of rotatable bonds is 4. The van der Waals surface area contributed by atoms with Gasteiger partial charge in [-0.25, -0.2) is 0 Å². The van der Waals surface area contributed by atoms with Gasteiger partial charge in [-0.3, -0.25) is 0 Å². The van der Waals surface area contributed by atoms with Gasteiger partial charge in [0.2, 0.25) is 0 Å². The summed E-state index contributed by atoms with van der Waals surface area (Å²) in [6.07, 6.45) is 0.826. The van der Waals surface area contributed by atoms with Crippen molar-refractivity contribution >= 4 is 0 Å². The Bertz CT molecular complexity index is 395. The molecule has 0 fully saturated rings. The zero-order valence-corrected chi connectivity index (χ0v) is 8.78. The molecule has 0 bridgehead atoms. The largest absolute Gasteiger partial charge is 0.377 e. The summed E-state index contributed by atoms with van der Waals surface area (Å²) >= 11 is 0. The minimum atomic E-state index is 0.684. The molecule has 1 radical (unpaired) electrons. The summed E-state index contributed by atoms with van der Waals surface area (Å²) < 4.78 is 5.50. The Hall–Kier alpha value is -1.34. The van der Waals surface area contributed by atoms with Crippen molar-refractivity contribution in [3.63, 3.8) is 0 Å². The van der Waals surface area contributed by atoms with E-state index in [9.17, 15) is 0 Å². The molecule has 2 rings (SSSR count). The first kappa shape index (κ1) is 10.2. The van der Waals surface area contributed by atoms with E-state index in [0.29, 0.717) is 6.61 Å². The van der Waals surface area contributed by atoms with Crippen LogP contribution in [0.5, 0.6) is 0 Å². The van der Waals surface area contributed by atoms with Gasteiger partial charge in [0.25, 0.3) is 0 Å². The molecule has 0 amide bonds. The molecule has 0 heterocycles. The molecule has 0 saturated carbocycles. The maximum Gasteiger partial charge on any atom is 0.0722 e. The average Bonchev–Trinajstić information content (AvgIpc) is 2.50. The molecule has 0 aromatic heterocycles. The van der Waals surface area contributed by atoms with Crippen molar-refractivity contribution in [2.45, 2.75) is 13.0 Å². The summed E-state index contributed by atoms with van der Waals surface area (Å²) in [5, 5.41) is 0. The van der Waals surface area contributed by atoms with Gasteiger partial charge >= 0.3 is 0 Å². The zero-order chi connectivity index (χ0) is 10.5. The Morgan fingerprint density at radius 2 is 1.87 bits per heavy atom. The summed E-state index contributed by atoms with van der Waals surface area (Å²) in [5.41, 5.74) is 3.81. The molecule has 0 unspecified atom stereocenters. The lowest BCUT2D eigenvalue weighted by atomic mass is 10.1. The molecule has 0 aromatic rings. The van der Waals surface area contributed by atoms with Crippen molar-refractivity contribution in [3.8, 4) is 11.1 Å². The Balaban J connectivity index is 2.17. The van der Waals surface area contributed by atoms with E-state index >= 15 is 0 Å². The average molecular weight is 199 g/mol. The standard InChI is InChI=1S/C14H15O/c1-2-10-15-11-13-9-8-12-6-4-3-5-7-14(12)13/h3-9H,1-2,10-11H2. The highest BCUT2D eigenvalue weighted by molar-refractivity contribution is 5.70. The molecular weight excluding hydrogens is 184 g/mol. The molecule has 0 aromatic carbocycles. The monoisotopic (exact) mass is 199 g/mol. The van der Waals surface area contributed by atoms with Crippen LogP contribution in [0, 0.1) is 6.92 Å². The summed E-state index contributed by atoms with van der Waals surface area (Å²) in [4.78, 5) is 0. The third-order valence-corrected chi connectivity index (χ3v) is 2.43. The van der Waals surface area contributed by atoms with Crippen LogP contribution in [0.15, 0.2) is 42.5 Å². The number of hydrogen-bond donors (Lipinski definition) is 0. The maximum atomic E-state index is 5.50. The molecule has 1 heteroatoms. The van der Waals surface area contributed by atoms with Gasteiger partial charge < -0.3 is 4.74 Å². The van der Waals surface area contributed by atoms with Crippen LogP contribution in [0.3, 0.4) is 0 Å². The van der Waals surface area contributed by atoms with Crippen LogP contribution in [0.1, 0.15) is 12.0 Å². The van der Waals surface area contributed by atoms with Gasteiger partial charge in [0.05, 0.1) is 6.61 Å². The van der Waals surface area contributed by atoms with Crippen molar-refractivity contribution in [2.75, 3.05) is 6.61 Å². The molecule has 0 aliphatic heterocycles. The van der Waals surface area contributed by atoms with Crippen molar-refractivity contribution in [2.24, 2.45) is 0 Å². The van der Waals surface area contributed by atoms with Crippen LogP contribution in [0.4, 0.5) is 0 Å². The van der Waals surface area contributed by atoms with E-state index in [2.05, 4.69) is 43.3 Å². The molecule has 0 N–H and O–H groups in total. The highest BCUT2D eigenvalue weighted by Crippen LogP contribution is 2.27. The molecule has 77 valence electrons. The van der Waals surface area contributed by atoms with E-state index in [1.807, 2.05) is 6.07 Å². The molecule has 0 spiro atoms. The molecule has 0 atom stereocenters. The van der Waals surface area contributed by atoms with Crippen molar-refractivity contribution in [3.05, 3.63) is 55.0 Å². The first-order valence-electron chi connectivity index (χ1n) is 5.25. The van der Waals surface area contributed by atoms with Crippen molar-refractivity contribution in [1.82, 2.24) is 0 Å². The SMILES string of the molecule is [CH2]CCOCc1ccc2cccccc1-2. The van der Waals surface area contributed by atoms with E-state index in [1.54, 1.807) is 0 Å². The molecule has 15 heavy (non-hydrogen) atoms. The topological polar surface area (TPSA) is 9.23 Å². The van der Waals surface area contributed by atoms with E-state index < -0.39 is 0 Å². The summed E-state index contributed by atoms with van der Waals surface area (Å²) in [7, 11) is 0. The van der Waals surface area contributed by atoms with E-state index in [-0.39, 0.29) is 0 Å². The van der Waals surface area contributed by atoms with Gasteiger partial charge in [-0.1, -0.05) is 49.4 Å². The normalized spacial score (nSPS) is 10.7.